The van der Waals surface area contributed by atoms with Crippen molar-refractivity contribution in [2.75, 3.05) is 11.9 Å². The summed E-state index contributed by atoms with van der Waals surface area (Å²) in [5, 5.41) is 1.82. The average Bonchev–Trinajstić information content (AvgIpc) is 3.19. The summed E-state index contributed by atoms with van der Waals surface area (Å²) in [6.07, 6.45) is -1.97. The summed E-state index contributed by atoms with van der Waals surface area (Å²) in [6, 6.07) is 4.11. The third-order valence-electron chi connectivity index (χ3n) is 3.77. The number of nitrogens with zero attached hydrogens (tertiary/aromatic N) is 1. The van der Waals surface area contributed by atoms with Gasteiger partial charge in [0.25, 0.3) is 5.91 Å². The highest BCUT2D eigenvalue weighted by Gasteiger charge is 2.47. The number of hydrogen-bond acceptors (Lipinski definition) is 5. The van der Waals surface area contributed by atoms with Gasteiger partial charge in [0.2, 0.25) is 0 Å². The molecule has 1 aliphatic carbocycles. The Morgan fingerprint density at radius 2 is 2.19 bits per heavy atom. The number of amides is 1. The van der Waals surface area contributed by atoms with Gasteiger partial charge in [-0.2, -0.15) is 13.2 Å². The molecule has 26 heavy (non-hydrogen) atoms. The maximum atomic E-state index is 12.5. The minimum Gasteiger partial charge on any atom is -0.469 e. The Balaban J connectivity index is 1.50. The van der Waals surface area contributed by atoms with Gasteiger partial charge >= 0.3 is 12.1 Å². The number of pyridine rings is 1. The lowest BCUT2D eigenvalue weighted by atomic mass is 10.2. The molecule has 0 spiro atoms. The largest absolute Gasteiger partial charge is 0.469 e. The Morgan fingerprint density at radius 3 is 2.81 bits per heavy atom. The molecule has 2 atom stereocenters. The van der Waals surface area contributed by atoms with Gasteiger partial charge in [-0.3, -0.25) is 9.59 Å². The van der Waals surface area contributed by atoms with Gasteiger partial charge in [-0.15, -0.1) is 0 Å². The average molecular weight is 389 g/mol. The number of esters is 1. The lowest BCUT2D eigenvalue weighted by Gasteiger charge is -2.10. The van der Waals surface area contributed by atoms with E-state index < -0.39 is 30.2 Å². The molecule has 1 fully saturated rings. The standard InChI is InChI=1S/C16H12ClF3N2O4/c17-11-4-8(16(18,19)20)6-21-14(11)22-13(23)7-26-15(24)10-5-9(10)12-2-1-3-25-12/h1-4,6,9-10H,5,7H2,(H,21,22,23)/t9-,10-/m0/s1. The maximum Gasteiger partial charge on any atom is 0.417 e. The molecule has 1 saturated carbocycles. The second-order valence-corrected chi connectivity index (χ2v) is 6.08. The van der Waals surface area contributed by atoms with E-state index >= 15 is 0 Å². The van der Waals surface area contributed by atoms with Crippen molar-refractivity contribution in [2.24, 2.45) is 5.92 Å². The fraction of sp³-hybridized carbons (Fsp3) is 0.312. The van der Waals surface area contributed by atoms with E-state index in [2.05, 4.69) is 10.3 Å². The van der Waals surface area contributed by atoms with Gasteiger partial charge in [-0.1, -0.05) is 11.6 Å². The summed E-state index contributed by atoms with van der Waals surface area (Å²) in [7, 11) is 0. The van der Waals surface area contributed by atoms with Crippen LogP contribution in [0.2, 0.25) is 5.02 Å². The number of rotatable bonds is 5. The molecule has 1 amide bonds. The highest BCUT2D eigenvalue weighted by atomic mass is 35.5. The minimum atomic E-state index is -4.59. The zero-order chi connectivity index (χ0) is 18.9. The van der Waals surface area contributed by atoms with Gasteiger partial charge < -0.3 is 14.5 Å². The molecule has 0 aromatic carbocycles. The van der Waals surface area contributed by atoms with E-state index in [0.717, 1.165) is 0 Å². The molecule has 0 radical (unpaired) electrons. The number of hydrogen-bond donors (Lipinski definition) is 1. The monoisotopic (exact) mass is 388 g/mol. The SMILES string of the molecule is O=C(COC(=O)[C@H]1C[C@@H]1c1ccco1)Nc1ncc(C(F)(F)F)cc1Cl. The van der Waals surface area contributed by atoms with Crippen molar-refractivity contribution in [1.29, 1.82) is 0 Å². The smallest absolute Gasteiger partial charge is 0.417 e. The maximum absolute atomic E-state index is 12.5. The molecule has 138 valence electrons. The van der Waals surface area contributed by atoms with Crippen LogP contribution >= 0.6 is 11.6 Å². The number of ether oxygens (including phenoxy) is 1. The number of anilines is 1. The quantitative estimate of drug-likeness (QED) is 0.791. The number of carbonyl (C=O) groups is 2. The number of halogens is 4. The van der Waals surface area contributed by atoms with Crippen LogP contribution in [0.25, 0.3) is 0 Å². The second-order valence-electron chi connectivity index (χ2n) is 5.67. The number of alkyl halides is 3. The number of carbonyl (C=O) groups excluding carboxylic acids is 2. The van der Waals surface area contributed by atoms with E-state index in [1.165, 1.54) is 6.26 Å². The Kier molecular flexibility index (Phi) is 4.90. The zero-order valence-corrected chi connectivity index (χ0v) is 13.8. The van der Waals surface area contributed by atoms with Crippen LogP contribution in [0.4, 0.5) is 19.0 Å². The van der Waals surface area contributed by atoms with Gasteiger partial charge in [0.05, 0.1) is 22.8 Å². The van der Waals surface area contributed by atoms with E-state index in [1.54, 1.807) is 12.1 Å². The number of furan rings is 1. The molecule has 3 rings (SSSR count). The molecule has 6 nitrogen and oxygen atoms in total. The molecule has 2 aromatic rings. The fourth-order valence-electron chi connectivity index (χ4n) is 2.37. The lowest BCUT2D eigenvalue weighted by molar-refractivity contribution is -0.148. The summed E-state index contributed by atoms with van der Waals surface area (Å²) >= 11 is 5.68. The molecule has 2 heterocycles. The molecule has 0 unspecified atom stereocenters. The third kappa shape index (κ3) is 4.16. The second kappa shape index (κ2) is 6.99. The van der Waals surface area contributed by atoms with Crippen molar-refractivity contribution < 1.29 is 31.9 Å². The van der Waals surface area contributed by atoms with Crippen LogP contribution in [0.15, 0.2) is 35.1 Å². The third-order valence-corrected chi connectivity index (χ3v) is 4.06. The van der Waals surface area contributed by atoms with E-state index in [4.69, 9.17) is 20.8 Å². The van der Waals surface area contributed by atoms with Crippen LogP contribution in [0.3, 0.4) is 0 Å². The number of nitrogens with one attached hydrogen (secondary N) is 1. The number of aromatic nitrogens is 1. The van der Waals surface area contributed by atoms with E-state index in [1.807, 2.05) is 0 Å². The van der Waals surface area contributed by atoms with Crippen molar-refractivity contribution >= 4 is 29.3 Å². The summed E-state index contributed by atoms with van der Waals surface area (Å²) in [5.74, 6) is -1.32. The highest BCUT2D eigenvalue weighted by Crippen LogP contribution is 2.48. The Labute approximate surface area is 150 Å². The van der Waals surface area contributed by atoms with E-state index in [0.29, 0.717) is 24.4 Å². The zero-order valence-electron chi connectivity index (χ0n) is 13.0. The van der Waals surface area contributed by atoms with E-state index in [9.17, 15) is 22.8 Å². The van der Waals surface area contributed by atoms with Crippen LogP contribution < -0.4 is 5.32 Å². The molecule has 0 bridgehead atoms. The first-order valence-electron chi connectivity index (χ1n) is 7.48. The minimum absolute atomic E-state index is 0.0633. The molecule has 0 saturated heterocycles. The normalized spacial score (nSPS) is 19.1. The Hall–Kier alpha value is -2.55. The van der Waals surface area contributed by atoms with Crippen molar-refractivity contribution in [3.05, 3.63) is 47.0 Å². The molecular weight excluding hydrogens is 377 g/mol. The Morgan fingerprint density at radius 1 is 1.42 bits per heavy atom. The van der Waals surface area contributed by atoms with Gasteiger partial charge in [0, 0.05) is 12.1 Å². The van der Waals surface area contributed by atoms with Crippen molar-refractivity contribution in [1.82, 2.24) is 4.98 Å². The van der Waals surface area contributed by atoms with Crippen molar-refractivity contribution in [2.45, 2.75) is 18.5 Å². The van der Waals surface area contributed by atoms with E-state index in [-0.39, 0.29) is 22.7 Å². The molecule has 2 aromatic heterocycles. The summed E-state index contributed by atoms with van der Waals surface area (Å²) in [4.78, 5) is 27.1. The predicted octanol–water partition coefficient (Wildman–Crippen LogP) is 3.63. The van der Waals surface area contributed by atoms with Gasteiger partial charge in [-0.25, -0.2) is 4.98 Å². The first-order chi connectivity index (χ1) is 12.3. The van der Waals surface area contributed by atoms with Crippen molar-refractivity contribution in [3.8, 4) is 0 Å². The molecule has 1 N–H and O–H groups in total. The van der Waals surface area contributed by atoms with Gasteiger partial charge in [0.15, 0.2) is 12.4 Å². The topological polar surface area (TPSA) is 81.4 Å². The van der Waals surface area contributed by atoms with Gasteiger partial charge in [-0.05, 0) is 24.6 Å². The fourth-order valence-corrected chi connectivity index (χ4v) is 2.58. The lowest BCUT2D eigenvalue weighted by Crippen LogP contribution is -2.22. The first kappa shape index (κ1) is 18.2. The van der Waals surface area contributed by atoms with Crippen molar-refractivity contribution in [3.63, 3.8) is 0 Å². The summed E-state index contributed by atoms with van der Waals surface area (Å²) < 4.78 is 47.7. The van der Waals surface area contributed by atoms with Crippen LogP contribution in [-0.4, -0.2) is 23.5 Å². The molecular formula is C16H12ClF3N2O4. The Bertz CT molecular complexity index is 823. The molecule has 1 aliphatic rings. The molecule has 0 aliphatic heterocycles. The summed E-state index contributed by atoms with van der Waals surface area (Å²) in [6.45, 7) is -0.598. The van der Waals surface area contributed by atoms with Crippen LogP contribution in [0, 0.1) is 5.92 Å². The van der Waals surface area contributed by atoms with Gasteiger partial charge in [0.1, 0.15) is 5.76 Å². The summed E-state index contributed by atoms with van der Waals surface area (Å²) in [5.41, 5.74) is -1.04. The van der Waals surface area contributed by atoms with Crippen LogP contribution in [0.5, 0.6) is 0 Å². The first-order valence-corrected chi connectivity index (χ1v) is 7.86. The highest BCUT2D eigenvalue weighted by molar-refractivity contribution is 6.33. The van der Waals surface area contributed by atoms with Crippen LogP contribution in [-0.2, 0) is 20.5 Å². The van der Waals surface area contributed by atoms with Crippen LogP contribution in [0.1, 0.15) is 23.7 Å². The molecule has 10 heteroatoms. The predicted molar refractivity (Wildman–Crippen MR) is 83.4 cm³/mol.